The van der Waals surface area contributed by atoms with Crippen LogP contribution in [-0.2, 0) is 6.42 Å². The third-order valence-corrected chi connectivity index (χ3v) is 1.79. The minimum absolute atomic E-state index is 0.438. The van der Waals surface area contributed by atoms with Crippen LogP contribution in [0.25, 0.3) is 0 Å². The van der Waals surface area contributed by atoms with Crippen molar-refractivity contribution in [3.63, 3.8) is 0 Å². The molecule has 0 fully saturated rings. The Hall–Kier alpha value is -1.84. The maximum Gasteiger partial charge on any atom is 0.320 e. The standard InChI is InChI=1S/C10H11N3O/c1-2-9-12-13-10(14-9)11-8-6-4-3-5-7-8/h3-7H,2H2,1H3,(H,11,13). The summed E-state index contributed by atoms with van der Waals surface area (Å²) in [5.74, 6) is 0.642. The van der Waals surface area contributed by atoms with Crippen molar-refractivity contribution in [2.75, 3.05) is 5.32 Å². The van der Waals surface area contributed by atoms with Gasteiger partial charge in [0.1, 0.15) is 0 Å². The Morgan fingerprint density at radius 2 is 2.00 bits per heavy atom. The second-order valence-corrected chi connectivity index (χ2v) is 2.85. The van der Waals surface area contributed by atoms with Gasteiger partial charge in [0.25, 0.3) is 0 Å². The fourth-order valence-corrected chi connectivity index (χ4v) is 1.09. The lowest BCUT2D eigenvalue weighted by Crippen LogP contribution is -1.88. The quantitative estimate of drug-likeness (QED) is 0.805. The van der Waals surface area contributed by atoms with Crippen LogP contribution in [0.1, 0.15) is 12.8 Å². The summed E-state index contributed by atoms with van der Waals surface area (Å²) in [6.07, 6.45) is 0.753. The van der Waals surface area contributed by atoms with Crippen molar-refractivity contribution in [3.8, 4) is 0 Å². The molecule has 0 bridgehead atoms. The van der Waals surface area contributed by atoms with Gasteiger partial charge in [0.05, 0.1) is 0 Å². The van der Waals surface area contributed by atoms with E-state index in [0.29, 0.717) is 11.9 Å². The van der Waals surface area contributed by atoms with Gasteiger partial charge < -0.3 is 9.73 Å². The zero-order valence-corrected chi connectivity index (χ0v) is 7.90. The fraction of sp³-hybridized carbons (Fsp3) is 0.200. The second kappa shape index (κ2) is 3.91. The smallest absolute Gasteiger partial charge is 0.320 e. The Labute approximate surface area is 82.0 Å². The van der Waals surface area contributed by atoms with Gasteiger partial charge in [-0.25, -0.2) is 0 Å². The molecule has 4 nitrogen and oxygen atoms in total. The molecular formula is C10H11N3O. The Kier molecular flexibility index (Phi) is 2.44. The molecule has 0 amide bonds. The van der Waals surface area contributed by atoms with Crippen LogP contribution in [0, 0.1) is 0 Å². The molecule has 1 aromatic heterocycles. The van der Waals surface area contributed by atoms with Gasteiger partial charge in [-0.1, -0.05) is 30.2 Å². The van der Waals surface area contributed by atoms with Crippen LogP contribution in [0.5, 0.6) is 0 Å². The third-order valence-electron chi connectivity index (χ3n) is 1.79. The number of benzene rings is 1. The summed E-state index contributed by atoms with van der Waals surface area (Å²) >= 11 is 0. The zero-order valence-electron chi connectivity index (χ0n) is 7.90. The summed E-state index contributed by atoms with van der Waals surface area (Å²) in [5, 5.41) is 10.7. The molecule has 2 aromatic rings. The van der Waals surface area contributed by atoms with Crippen LogP contribution >= 0.6 is 0 Å². The Morgan fingerprint density at radius 3 is 2.64 bits per heavy atom. The van der Waals surface area contributed by atoms with Gasteiger partial charge >= 0.3 is 6.01 Å². The number of hydrogen-bond acceptors (Lipinski definition) is 4. The molecule has 0 aliphatic heterocycles. The number of nitrogens with zero attached hydrogens (tertiary/aromatic N) is 2. The first-order valence-electron chi connectivity index (χ1n) is 4.53. The van der Waals surface area contributed by atoms with Crippen molar-refractivity contribution in [2.24, 2.45) is 0 Å². The van der Waals surface area contributed by atoms with E-state index in [2.05, 4.69) is 15.5 Å². The number of aromatic nitrogens is 2. The van der Waals surface area contributed by atoms with Crippen LogP contribution in [-0.4, -0.2) is 10.2 Å². The van der Waals surface area contributed by atoms with E-state index >= 15 is 0 Å². The van der Waals surface area contributed by atoms with Crippen molar-refractivity contribution >= 4 is 11.7 Å². The topological polar surface area (TPSA) is 51.0 Å². The van der Waals surface area contributed by atoms with Crippen molar-refractivity contribution in [2.45, 2.75) is 13.3 Å². The molecule has 0 atom stereocenters. The maximum atomic E-state index is 5.30. The summed E-state index contributed by atoms with van der Waals surface area (Å²) < 4.78 is 5.30. The third kappa shape index (κ3) is 1.90. The lowest BCUT2D eigenvalue weighted by Gasteiger charge is -1.98. The Morgan fingerprint density at radius 1 is 1.21 bits per heavy atom. The largest absolute Gasteiger partial charge is 0.408 e. The molecule has 0 radical (unpaired) electrons. The summed E-state index contributed by atoms with van der Waals surface area (Å²) in [6.45, 7) is 1.97. The molecule has 1 N–H and O–H groups in total. The van der Waals surface area contributed by atoms with E-state index in [0.717, 1.165) is 12.1 Å². The van der Waals surface area contributed by atoms with Crippen LogP contribution in [0.15, 0.2) is 34.7 Å². The fourth-order valence-electron chi connectivity index (χ4n) is 1.09. The van der Waals surface area contributed by atoms with Crippen LogP contribution in [0.2, 0.25) is 0 Å². The first-order chi connectivity index (χ1) is 6.88. The van der Waals surface area contributed by atoms with Crippen molar-refractivity contribution < 1.29 is 4.42 Å². The molecule has 0 aliphatic carbocycles. The van der Waals surface area contributed by atoms with Crippen molar-refractivity contribution in [1.29, 1.82) is 0 Å². The highest BCUT2D eigenvalue weighted by molar-refractivity contribution is 5.50. The van der Waals surface area contributed by atoms with E-state index in [1.54, 1.807) is 0 Å². The molecular weight excluding hydrogens is 178 g/mol. The van der Waals surface area contributed by atoms with E-state index < -0.39 is 0 Å². The molecule has 0 spiro atoms. The van der Waals surface area contributed by atoms with Gasteiger partial charge in [0.15, 0.2) is 0 Å². The highest BCUT2D eigenvalue weighted by Crippen LogP contribution is 2.14. The first-order valence-corrected chi connectivity index (χ1v) is 4.53. The predicted molar refractivity (Wildman–Crippen MR) is 53.4 cm³/mol. The number of hydrogen-bond donors (Lipinski definition) is 1. The average Bonchev–Trinajstić information content (AvgIpc) is 2.67. The number of aryl methyl sites for hydroxylation is 1. The molecule has 1 heterocycles. The van der Waals surface area contributed by atoms with Crippen LogP contribution in [0.3, 0.4) is 0 Å². The maximum absolute atomic E-state index is 5.30. The van der Waals surface area contributed by atoms with E-state index in [1.807, 2.05) is 37.3 Å². The number of para-hydroxylation sites is 1. The highest BCUT2D eigenvalue weighted by Gasteiger charge is 2.02. The summed E-state index contributed by atoms with van der Waals surface area (Å²) in [5.41, 5.74) is 0.943. The molecule has 72 valence electrons. The Balaban J connectivity index is 2.11. The van der Waals surface area contributed by atoms with E-state index in [1.165, 1.54) is 0 Å². The van der Waals surface area contributed by atoms with Gasteiger partial charge in [-0.15, -0.1) is 5.10 Å². The minimum atomic E-state index is 0.438. The van der Waals surface area contributed by atoms with E-state index in [-0.39, 0.29) is 0 Å². The predicted octanol–water partition coefficient (Wildman–Crippen LogP) is 2.38. The molecule has 2 rings (SSSR count). The van der Waals surface area contributed by atoms with Crippen molar-refractivity contribution in [1.82, 2.24) is 10.2 Å². The second-order valence-electron chi connectivity index (χ2n) is 2.85. The van der Waals surface area contributed by atoms with Crippen LogP contribution in [0.4, 0.5) is 11.7 Å². The molecule has 0 unspecified atom stereocenters. The first kappa shape index (κ1) is 8.74. The van der Waals surface area contributed by atoms with Gasteiger partial charge in [0, 0.05) is 12.1 Å². The number of nitrogens with one attached hydrogen (secondary N) is 1. The number of rotatable bonds is 3. The lowest BCUT2D eigenvalue weighted by molar-refractivity contribution is 0.515. The SMILES string of the molecule is CCc1nnc(Nc2ccccc2)o1. The van der Waals surface area contributed by atoms with E-state index in [4.69, 9.17) is 4.42 Å². The summed E-state index contributed by atoms with van der Waals surface area (Å²) in [7, 11) is 0. The highest BCUT2D eigenvalue weighted by atomic mass is 16.4. The lowest BCUT2D eigenvalue weighted by atomic mass is 10.3. The molecule has 0 aliphatic rings. The van der Waals surface area contributed by atoms with Gasteiger partial charge in [-0.2, -0.15) is 0 Å². The summed E-state index contributed by atoms with van der Waals surface area (Å²) in [6, 6.07) is 10.2. The molecule has 0 saturated heterocycles. The molecule has 1 aromatic carbocycles. The molecule has 0 saturated carbocycles. The monoisotopic (exact) mass is 189 g/mol. The molecule has 14 heavy (non-hydrogen) atoms. The van der Waals surface area contributed by atoms with Gasteiger partial charge in [0.2, 0.25) is 5.89 Å². The Bertz CT molecular complexity index is 397. The van der Waals surface area contributed by atoms with Crippen LogP contribution < -0.4 is 5.32 Å². The summed E-state index contributed by atoms with van der Waals surface area (Å²) in [4.78, 5) is 0. The van der Waals surface area contributed by atoms with Crippen molar-refractivity contribution in [3.05, 3.63) is 36.2 Å². The van der Waals surface area contributed by atoms with E-state index in [9.17, 15) is 0 Å². The minimum Gasteiger partial charge on any atom is -0.408 e. The zero-order chi connectivity index (χ0) is 9.80. The molecule has 4 heteroatoms. The van der Waals surface area contributed by atoms with Gasteiger partial charge in [-0.3, -0.25) is 0 Å². The van der Waals surface area contributed by atoms with Gasteiger partial charge in [-0.05, 0) is 12.1 Å². The average molecular weight is 189 g/mol. The number of anilines is 2. The normalized spacial score (nSPS) is 10.1.